The summed E-state index contributed by atoms with van der Waals surface area (Å²) in [7, 11) is 0. The van der Waals surface area contributed by atoms with Gasteiger partial charge in [-0.05, 0) is 41.4 Å². The predicted octanol–water partition coefficient (Wildman–Crippen LogP) is 3.86. The van der Waals surface area contributed by atoms with Crippen LogP contribution in [0.4, 0.5) is 0 Å². The molecule has 24 heavy (non-hydrogen) atoms. The Morgan fingerprint density at radius 2 is 1.67 bits per heavy atom. The van der Waals surface area contributed by atoms with Crippen LogP contribution in [0.2, 0.25) is 0 Å². The second-order valence-corrected chi connectivity index (χ2v) is 7.23. The summed E-state index contributed by atoms with van der Waals surface area (Å²) < 4.78 is 0. The number of rotatable bonds is 3. The zero-order valence-electron chi connectivity index (χ0n) is 13.8. The van der Waals surface area contributed by atoms with Gasteiger partial charge in [-0.15, -0.1) is 0 Å². The second kappa shape index (κ2) is 6.40. The van der Waals surface area contributed by atoms with Crippen LogP contribution in [0.3, 0.4) is 0 Å². The van der Waals surface area contributed by atoms with Crippen molar-refractivity contribution in [2.24, 2.45) is 5.92 Å². The van der Waals surface area contributed by atoms with Gasteiger partial charge in [0, 0.05) is 19.6 Å². The molecule has 4 rings (SSSR count). The first-order valence-electron chi connectivity index (χ1n) is 8.78. The van der Waals surface area contributed by atoms with Crippen molar-refractivity contribution in [3.8, 4) is 0 Å². The minimum absolute atomic E-state index is 0.354. The minimum Gasteiger partial charge on any atom is -0.481 e. The van der Waals surface area contributed by atoms with Crippen LogP contribution in [0, 0.1) is 5.92 Å². The van der Waals surface area contributed by atoms with Gasteiger partial charge in [0.25, 0.3) is 0 Å². The molecule has 3 heteroatoms. The Kier molecular flexibility index (Phi) is 4.11. The highest BCUT2D eigenvalue weighted by Gasteiger charge is 2.37. The van der Waals surface area contributed by atoms with Gasteiger partial charge in [-0.2, -0.15) is 0 Å². The van der Waals surface area contributed by atoms with Crippen molar-refractivity contribution in [1.82, 2.24) is 4.90 Å². The number of piperidine rings is 1. The Bertz CT molecular complexity index is 728. The predicted molar refractivity (Wildman–Crippen MR) is 94.0 cm³/mol. The number of benzene rings is 2. The minimum atomic E-state index is -0.676. The number of likely N-dealkylation sites (tertiary alicyclic amines) is 1. The number of aliphatic carboxylic acids is 1. The van der Waals surface area contributed by atoms with Crippen LogP contribution in [-0.4, -0.2) is 29.1 Å². The Labute approximate surface area is 142 Å². The van der Waals surface area contributed by atoms with E-state index in [0.717, 1.165) is 38.0 Å². The van der Waals surface area contributed by atoms with Gasteiger partial charge in [0.2, 0.25) is 0 Å². The van der Waals surface area contributed by atoms with Gasteiger partial charge in [0.1, 0.15) is 0 Å². The molecule has 0 radical (unpaired) electrons. The molecular formula is C21H23NO2. The van der Waals surface area contributed by atoms with E-state index >= 15 is 0 Å². The SMILES string of the molecule is O=C(O)C1CC2CC(CN(Cc3ccccc3)C2)c2ccccc21. The molecule has 2 aliphatic rings. The summed E-state index contributed by atoms with van der Waals surface area (Å²) in [5.41, 5.74) is 3.63. The molecule has 0 saturated carbocycles. The first-order valence-corrected chi connectivity index (χ1v) is 8.78. The lowest BCUT2D eigenvalue weighted by Crippen LogP contribution is -2.38. The normalized spacial score (nSPS) is 26.4. The number of fused-ring (bicyclic) bond motifs is 4. The van der Waals surface area contributed by atoms with Crippen LogP contribution in [0.15, 0.2) is 54.6 Å². The van der Waals surface area contributed by atoms with Crippen molar-refractivity contribution in [1.29, 1.82) is 0 Å². The maximum atomic E-state index is 11.8. The molecule has 1 aliphatic heterocycles. The monoisotopic (exact) mass is 321 g/mol. The van der Waals surface area contributed by atoms with Crippen LogP contribution in [0.1, 0.15) is 41.4 Å². The van der Waals surface area contributed by atoms with Crippen LogP contribution >= 0.6 is 0 Å². The van der Waals surface area contributed by atoms with Crippen molar-refractivity contribution in [3.63, 3.8) is 0 Å². The first kappa shape index (κ1) is 15.4. The molecule has 0 spiro atoms. The molecule has 1 N–H and O–H groups in total. The quantitative estimate of drug-likeness (QED) is 0.933. The Hall–Kier alpha value is -2.13. The van der Waals surface area contributed by atoms with E-state index in [1.54, 1.807) is 0 Å². The van der Waals surface area contributed by atoms with Crippen molar-refractivity contribution < 1.29 is 9.90 Å². The molecule has 1 fully saturated rings. The Morgan fingerprint density at radius 3 is 2.42 bits per heavy atom. The number of nitrogens with zero attached hydrogens (tertiary/aromatic N) is 1. The standard InChI is InChI=1S/C21H23NO2/c23-21(24)20-11-16-10-17(18-8-4-5-9-19(18)20)14-22(13-16)12-15-6-2-1-3-7-15/h1-9,16-17,20H,10-14H2,(H,23,24). The van der Waals surface area contributed by atoms with Crippen LogP contribution in [-0.2, 0) is 11.3 Å². The number of carboxylic acid groups (broad SMARTS) is 1. The molecule has 0 amide bonds. The lowest BCUT2D eigenvalue weighted by atomic mass is 9.85. The van der Waals surface area contributed by atoms with Crippen molar-refractivity contribution in [3.05, 3.63) is 71.3 Å². The number of carboxylic acids is 1. The van der Waals surface area contributed by atoms with E-state index in [0.29, 0.717) is 11.8 Å². The smallest absolute Gasteiger partial charge is 0.310 e. The van der Waals surface area contributed by atoms with E-state index in [1.807, 2.05) is 24.3 Å². The van der Waals surface area contributed by atoms with Crippen LogP contribution in [0.5, 0.6) is 0 Å². The van der Waals surface area contributed by atoms with Crippen molar-refractivity contribution in [2.45, 2.75) is 31.2 Å². The lowest BCUT2D eigenvalue weighted by Gasteiger charge is -2.37. The van der Waals surface area contributed by atoms with Gasteiger partial charge >= 0.3 is 5.97 Å². The maximum Gasteiger partial charge on any atom is 0.310 e. The van der Waals surface area contributed by atoms with Gasteiger partial charge in [0.15, 0.2) is 0 Å². The average molecular weight is 321 g/mol. The third-order valence-corrected chi connectivity index (χ3v) is 5.54. The summed E-state index contributed by atoms with van der Waals surface area (Å²) in [5.74, 6) is -0.119. The van der Waals surface area contributed by atoms with Gasteiger partial charge in [-0.3, -0.25) is 9.69 Å². The molecule has 3 atom stereocenters. The zero-order chi connectivity index (χ0) is 16.5. The highest BCUT2D eigenvalue weighted by molar-refractivity contribution is 5.77. The molecule has 2 aromatic rings. The van der Waals surface area contributed by atoms with Crippen molar-refractivity contribution >= 4 is 5.97 Å². The summed E-state index contributed by atoms with van der Waals surface area (Å²) in [6.07, 6.45) is 1.88. The molecule has 3 unspecified atom stereocenters. The Balaban J connectivity index is 1.63. The molecule has 124 valence electrons. The largest absolute Gasteiger partial charge is 0.481 e. The van der Waals surface area contributed by atoms with Crippen molar-refractivity contribution in [2.75, 3.05) is 13.1 Å². The summed E-state index contributed by atoms with van der Waals surface area (Å²) in [5, 5.41) is 9.72. The van der Waals surface area contributed by atoms with E-state index < -0.39 is 5.97 Å². The van der Waals surface area contributed by atoms with Gasteiger partial charge < -0.3 is 5.11 Å². The summed E-state index contributed by atoms with van der Waals surface area (Å²) in [6.45, 7) is 2.98. The fourth-order valence-corrected chi connectivity index (χ4v) is 4.56. The topological polar surface area (TPSA) is 40.5 Å². The fraction of sp³-hybridized carbons (Fsp3) is 0.381. The van der Waals surface area contributed by atoms with Gasteiger partial charge in [-0.1, -0.05) is 54.6 Å². The lowest BCUT2D eigenvalue weighted by molar-refractivity contribution is -0.139. The third-order valence-electron chi connectivity index (χ3n) is 5.54. The molecule has 1 heterocycles. The maximum absolute atomic E-state index is 11.8. The first-order chi connectivity index (χ1) is 11.7. The van der Waals surface area contributed by atoms with E-state index in [1.165, 1.54) is 11.1 Å². The second-order valence-electron chi connectivity index (χ2n) is 7.23. The number of hydrogen-bond acceptors (Lipinski definition) is 2. The summed E-state index contributed by atoms with van der Waals surface area (Å²) in [4.78, 5) is 14.3. The van der Waals surface area contributed by atoms with E-state index in [9.17, 15) is 9.90 Å². The molecule has 2 aromatic carbocycles. The molecule has 2 bridgehead atoms. The van der Waals surface area contributed by atoms with Crippen LogP contribution in [0.25, 0.3) is 0 Å². The highest BCUT2D eigenvalue weighted by Crippen LogP contribution is 2.43. The molecule has 1 aliphatic carbocycles. The van der Waals surface area contributed by atoms with E-state index in [2.05, 4.69) is 35.2 Å². The molecule has 3 nitrogen and oxygen atoms in total. The summed E-state index contributed by atoms with van der Waals surface area (Å²) in [6, 6.07) is 18.8. The highest BCUT2D eigenvalue weighted by atomic mass is 16.4. The van der Waals surface area contributed by atoms with Crippen LogP contribution < -0.4 is 0 Å². The van der Waals surface area contributed by atoms with E-state index in [4.69, 9.17) is 0 Å². The molecular weight excluding hydrogens is 298 g/mol. The third kappa shape index (κ3) is 2.96. The van der Waals surface area contributed by atoms with E-state index in [-0.39, 0.29) is 5.92 Å². The summed E-state index contributed by atoms with van der Waals surface area (Å²) >= 11 is 0. The van der Waals surface area contributed by atoms with Gasteiger partial charge in [-0.25, -0.2) is 0 Å². The average Bonchev–Trinajstić information content (AvgIpc) is 2.71. The molecule has 0 aromatic heterocycles. The fourth-order valence-electron chi connectivity index (χ4n) is 4.56. The van der Waals surface area contributed by atoms with Gasteiger partial charge in [0.05, 0.1) is 5.92 Å². The zero-order valence-corrected chi connectivity index (χ0v) is 13.8. The number of hydrogen-bond donors (Lipinski definition) is 1. The number of carbonyl (C=O) groups is 1. The molecule has 1 saturated heterocycles. The Morgan fingerprint density at radius 1 is 0.958 bits per heavy atom.